The molecule has 0 N–H and O–H groups in total. The monoisotopic (exact) mass is 473 g/mol. The van der Waals surface area contributed by atoms with Crippen molar-refractivity contribution in [2.45, 2.75) is 44.9 Å². The maximum Gasteiger partial charge on any atom is 0.159 e. The van der Waals surface area contributed by atoms with E-state index in [1.54, 1.807) is 6.20 Å². The zero-order chi connectivity index (χ0) is 24.3. The van der Waals surface area contributed by atoms with Gasteiger partial charge in [0.1, 0.15) is 17.5 Å². The van der Waals surface area contributed by atoms with Gasteiger partial charge in [0, 0.05) is 35.8 Å². The van der Waals surface area contributed by atoms with Gasteiger partial charge in [0.25, 0.3) is 0 Å². The first-order chi connectivity index (χ1) is 17.6. The molecule has 2 aromatic heterocycles. The number of nitrogens with zero attached hydrogens (tertiary/aromatic N) is 5. The number of piperidine rings is 1. The van der Waals surface area contributed by atoms with Crippen LogP contribution in [-0.2, 0) is 0 Å². The molecule has 1 saturated heterocycles. The lowest BCUT2D eigenvalue weighted by atomic mass is 9.63. The molecule has 36 heavy (non-hydrogen) atoms. The van der Waals surface area contributed by atoms with E-state index in [-0.39, 0.29) is 5.41 Å². The SMILES string of the molecule is Cc1ccccc1-c1noc(C2CC2)c1C1=CC2(CCN(c3ccc4nc(C#N)cnc4c3)CC2)C1. The highest BCUT2D eigenvalue weighted by Gasteiger charge is 2.43. The summed E-state index contributed by atoms with van der Waals surface area (Å²) >= 11 is 0. The van der Waals surface area contributed by atoms with Crippen molar-refractivity contribution in [2.75, 3.05) is 18.0 Å². The van der Waals surface area contributed by atoms with Gasteiger partial charge in [0.15, 0.2) is 5.69 Å². The fraction of sp³-hybridized carbons (Fsp3) is 0.333. The summed E-state index contributed by atoms with van der Waals surface area (Å²) in [7, 11) is 0. The molecule has 7 rings (SSSR count). The van der Waals surface area contributed by atoms with Crippen LogP contribution in [0.15, 0.2) is 59.3 Å². The molecular weight excluding hydrogens is 446 g/mol. The van der Waals surface area contributed by atoms with Crippen molar-refractivity contribution in [3.05, 3.63) is 77.3 Å². The molecule has 0 amide bonds. The van der Waals surface area contributed by atoms with Gasteiger partial charge < -0.3 is 9.42 Å². The summed E-state index contributed by atoms with van der Waals surface area (Å²) in [6, 6.07) is 16.7. The molecule has 6 nitrogen and oxygen atoms in total. The van der Waals surface area contributed by atoms with Gasteiger partial charge in [-0.25, -0.2) is 4.98 Å². The molecule has 6 heteroatoms. The van der Waals surface area contributed by atoms with Crippen LogP contribution in [-0.4, -0.2) is 28.2 Å². The third-order valence-corrected chi connectivity index (χ3v) is 8.18. The van der Waals surface area contributed by atoms with Crippen molar-refractivity contribution in [1.29, 1.82) is 5.26 Å². The Morgan fingerprint density at radius 3 is 2.64 bits per heavy atom. The van der Waals surface area contributed by atoms with Gasteiger partial charge in [-0.15, -0.1) is 0 Å². The fourth-order valence-electron chi connectivity index (χ4n) is 5.92. The Morgan fingerprint density at radius 2 is 1.89 bits per heavy atom. The Bertz CT molecular complexity index is 1560. The van der Waals surface area contributed by atoms with Crippen LogP contribution in [0.5, 0.6) is 0 Å². The van der Waals surface area contributed by atoms with Gasteiger partial charge in [-0.2, -0.15) is 5.26 Å². The number of anilines is 1. The number of rotatable bonds is 4. The van der Waals surface area contributed by atoms with Crippen molar-refractivity contribution < 1.29 is 4.52 Å². The van der Waals surface area contributed by atoms with Crippen LogP contribution in [0.4, 0.5) is 5.69 Å². The van der Waals surface area contributed by atoms with E-state index >= 15 is 0 Å². The van der Waals surface area contributed by atoms with Crippen LogP contribution in [0.2, 0.25) is 0 Å². The molecule has 1 aliphatic heterocycles. The van der Waals surface area contributed by atoms with Crippen LogP contribution in [0.25, 0.3) is 27.9 Å². The van der Waals surface area contributed by atoms with Crippen LogP contribution >= 0.6 is 0 Å². The molecule has 0 atom stereocenters. The van der Waals surface area contributed by atoms with Crippen LogP contribution in [0.3, 0.4) is 0 Å². The normalized spacial score (nSPS) is 18.7. The van der Waals surface area contributed by atoms with Gasteiger partial charge >= 0.3 is 0 Å². The molecule has 4 aromatic rings. The van der Waals surface area contributed by atoms with E-state index in [1.807, 2.05) is 6.07 Å². The van der Waals surface area contributed by atoms with Gasteiger partial charge in [-0.1, -0.05) is 35.5 Å². The standard InChI is InChI=1S/C30H27N5O/c1-19-4-2-3-5-24(19)28-27(29(36-34-28)20-6-7-20)21-15-30(16-21)10-12-35(13-11-30)23-8-9-25-26(14-23)32-18-22(17-31)33-25/h2-5,8-9,14-15,18,20H,6-7,10-13,16H2,1H3. The summed E-state index contributed by atoms with van der Waals surface area (Å²) in [6.07, 6.45) is 9.85. The predicted molar refractivity (Wildman–Crippen MR) is 139 cm³/mol. The fourth-order valence-corrected chi connectivity index (χ4v) is 5.92. The third-order valence-electron chi connectivity index (χ3n) is 8.18. The number of allylic oxidation sites excluding steroid dienone is 2. The lowest BCUT2D eigenvalue weighted by Gasteiger charge is -2.47. The molecule has 0 bridgehead atoms. The van der Waals surface area contributed by atoms with E-state index in [1.165, 1.54) is 40.8 Å². The quantitative estimate of drug-likeness (QED) is 0.340. The van der Waals surface area contributed by atoms with Crippen molar-refractivity contribution in [1.82, 2.24) is 15.1 Å². The largest absolute Gasteiger partial charge is 0.371 e. The number of hydrogen-bond acceptors (Lipinski definition) is 6. The van der Waals surface area contributed by atoms with Crippen molar-refractivity contribution in [3.63, 3.8) is 0 Å². The molecule has 0 radical (unpaired) electrons. The zero-order valence-corrected chi connectivity index (χ0v) is 20.4. The number of nitriles is 1. The van der Waals surface area contributed by atoms with E-state index in [0.717, 1.165) is 54.8 Å². The molecule has 2 aromatic carbocycles. The third kappa shape index (κ3) is 3.50. The molecule has 3 heterocycles. The topological polar surface area (TPSA) is 78.8 Å². The van der Waals surface area contributed by atoms with Gasteiger partial charge in [0.2, 0.25) is 0 Å². The lowest BCUT2D eigenvalue weighted by molar-refractivity contribution is 0.277. The summed E-state index contributed by atoms with van der Waals surface area (Å²) in [5.74, 6) is 1.63. The average molecular weight is 474 g/mol. The first-order valence-electron chi connectivity index (χ1n) is 12.8. The van der Waals surface area contributed by atoms with E-state index in [0.29, 0.717) is 11.6 Å². The minimum absolute atomic E-state index is 0.269. The Hall–Kier alpha value is -3.98. The highest BCUT2D eigenvalue weighted by atomic mass is 16.5. The average Bonchev–Trinajstić information content (AvgIpc) is 3.65. The number of aromatic nitrogens is 3. The van der Waals surface area contributed by atoms with Gasteiger partial charge in [-0.05, 0) is 73.8 Å². The minimum atomic E-state index is 0.269. The second-order valence-corrected chi connectivity index (χ2v) is 10.6. The summed E-state index contributed by atoms with van der Waals surface area (Å²) in [5.41, 5.74) is 9.52. The summed E-state index contributed by atoms with van der Waals surface area (Å²) < 4.78 is 5.96. The van der Waals surface area contributed by atoms with Crippen LogP contribution < -0.4 is 4.90 Å². The molecule has 2 fully saturated rings. The van der Waals surface area contributed by atoms with Gasteiger partial charge in [0.05, 0.1) is 17.2 Å². The van der Waals surface area contributed by atoms with E-state index in [9.17, 15) is 0 Å². The first kappa shape index (κ1) is 21.3. The molecule has 0 unspecified atom stereocenters. The summed E-state index contributed by atoms with van der Waals surface area (Å²) in [6.45, 7) is 4.18. The number of fused-ring (bicyclic) bond motifs is 1. The van der Waals surface area contributed by atoms with Gasteiger partial charge in [-0.3, -0.25) is 4.98 Å². The Labute approximate surface area is 210 Å². The van der Waals surface area contributed by atoms with Crippen LogP contribution in [0.1, 0.15) is 60.6 Å². The molecule has 2 aliphatic carbocycles. The zero-order valence-electron chi connectivity index (χ0n) is 20.4. The number of aryl methyl sites for hydroxylation is 1. The highest BCUT2D eigenvalue weighted by Crippen LogP contribution is 2.55. The molecule has 1 saturated carbocycles. The molecule has 1 spiro atoms. The maximum atomic E-state index is 9.07. The second kappa shape index (κ2) is 8.03. The number of benzene rings is 2. The summed E-state index contributed by atoms with van der Waals surface area (Å²) in [5, 5.41) is 13.6. The summed E-state index contributed by atoms with van der Waals surface area (Å²) in [4.78, 5) is 11.2. The second-order valence-electron chi connectivity index (χ2n) is 10.6. The minimum Gasteiger partial charge on any atom is -0.371 e. The smallest absolute Gasteiger partial charge is 0.159 e. The van der Waals surface area contributed by atoms with E-state index in [2.05, 4.69) is 75.5 Å². The Kier molecular flexibility index (Phi) is 4.75. The molecule has 178 valence electrons. The molecular formula is C30H27N5O. The highest BCUT2D eigenvalue weighted by molar-refractivity contribution is 5.85. The van der Waals surface area contributed by atoms with E-state index in [4.69, 9.17) is 9.78 Å². The van der Waals surface area contributed by atoms with E-state index < -0.39 is 0 Å². The first-order valence-corrected chi connectivity index (χ1v) is 12.8. The Morgan fingerprint density at radius 1 is 1.08 bits per heavy atom. The predicted octanol–water partition coefficient (Wildman–Crippen LogP) is 6.42. The van der Waals surface area contributed by atoms with Crippen molar-refractivity contribution >= 4 is 22.3 Å². The maximum absolute atomic E-state index is 9.07. The Balaban J connectivity index is 1.13. The lowest BCUT2D eigenvalue weighted by Crippen LogP contribution is -2.42. The number of hydrogen-bond donors (Lipinski definition) is 0. The van der Waals surface area contributed by atoms with Crippen molar-refractivity contribution in [3.8, 4) is 17.3 Å². The van der Waals surface area contributed by atoms with Crippen LogP contribution in [0, 0.1) is 23.7 Å². The van der Waals surface area contributed by atoms with Crippen molar-refractivity contribution in [2.24, 2.45) is 5.41 Å². The molecule has 3 aliphatic rings.